The van der Waals surface area contributed by atoms with Crippen LogP contribution >= 0.6 is 0 Å². The summed E-state index contributed by atoms with van der Waals surface area (Å²) in [6, 6.07) is 18.8. The molecule has 8 nitrogen and oxygen atoms in total. The smallest absolute Gasteiger partial charge is 0.253 e. The molecular formula is C29H31N7O. The van der Waals surface area contributed by atoms with Gasteiger partial charge in [-0.2, -0.15) is 0 Å². The molecule has 6 rings (SSSR count). The van der Waals surface area contributed by atoms with E-state index in [1.165, 1.54) is 11.3 Å². The van der Waals surface area contributed by atoms with Crippen LogP contribution in [0.4, 0.5) is 0 Å². The Bertz CT molecular complexity index is 1570. The number of nitrogens with zero attached hydrogens (tertiary/aromatic N) is 6. The summed E-state index contributed by atoms with van der Waals surface area (Å²) in [5.41, 5.74) is 8.41. The van der Waals surface area contributed by atoms with E-state index >= 15 is 0 Å². The van der Waals surface area contributed by atoms with Gasteiger partial charge in [-0.05, 0) is 84.9 Å². The number of nitrogens with one attached hydrogen (secondary N) is 1. The molecule has 0 bridgehead atoms. The summed E-state index contributed by atoms with van der Waals surface area (Å²) >= 11 is 0. The lowest BCUT2D eigenvalue weighted by Gasteiger charge is -2.32. The van der Waals surface area contributed by atoms with Gasteiger partial charge in [0, 0.05) is 50.5 Å². The number of rotatable bonds is 5. The molecule has 0 radical (unpaired) electrons. The Hall–Kier alpha value is -4.04. The number of amides is 1. The number of H-pyrrole nitrogens is 1. The van der Waals surface area contributed by atoms with E-state index in [1.54, 1.807) is 19.0 Å². The Morgan fingerprint density at radius 1 is 1.05 bits per heavy atom. The molecule has 1 aliphatic rings. The van der Waals surface area contributed by atoms with Gasteiger partial charge in [0.1, 0.15) is 11.2 Å². The summed E-state index contributed by atoms with van der Waals surface area (Å²) in [7, 11) is 5.69. The highest BCUT2D eigenvalue weighted by molar-refractivity contribution is 5.96. The number of carbonyl (C=O) groups excluding carboxylic acids is 1. The molecule has 1 amide bonds. The summed E-state index contributed by atoms with van der Waals surface area (Å²) in [6.07, 6.45) is 4.12. The molecule has 1 fully saturated rings. The van der Waals surface area contributed by atoms with E-state index in [1.807, 2.05) is 24.4 Å². The number of piperidine rings is 1. The van der Waals surface area contributed by atoms with Gasteiger partial charge < -0.3 is 9.47 Å². The number of pyridine rings is 1. The predicted octanol–water partition coefficient (Wildman–Crippen LogP) is 4.59. The summed E-state index contributed by atoms with van der Waals surface area (Å²) in [5.74, 6) is 0.583. The number of fused-ring (bicyclic) bond motifs is 2. The summed E-state index contributed by atoms with van der Waals surface area (Å²) in [5, 5.41) is 12.2. The minimum Gasteiger partial charge on any atom is -0.345 e. The van der Waals surface area contributed by atoms with E-state index in [0.717, 1.165) is 71.2 Å². The molecule has 37 heavy (non-hydrogen) atoms. The Kier molecular flexibility index (Phi) is 5.96. The van der Waals surface area contributed by atoms with Crippen molar-refractivity contribution >= 4 is 28.0 Å². The van der Waals surface area contributed by atoms with Gasteiger partial charge in [-0.1, -0.05) is 23.4 Å². The first-order valence-corrected chi connectivity index (χ1v) is 12.8. The molecule has 1 aliphatic heterocycles. The van der Waals surface area contributed by atoms with Crippen LogP contribution in [0.5, 0.6) is 0 Å². The fourth-order valence-electron chi connectivity index (χ4n) is 5.49. The first kappa shape index (κ1) is 23.4. The Balaban J connectivity index is 1.17. The molecule has 0 unspecified atom stereocenters. The first-order valence-electron chi connectivity index (χ1n) is 12.8. The highest BCUT2D eigenvalue weighted by atomic mass is 16.2. The van der Waals surface area contributed by atoms with Crippen LogP contribution in [0.2, 0.25) is 0 Å². The van der Waals surface area contributed by atoms with Gasteiger partial charge in [0.05, 0.1) is 5.52 Å². The van der Waals surface area contributed by atoms with Crippen LogP contribution in [0, 0.1) is 0 Å². The van der Waals surface area contributed by atoms with Crippen LogP contribution in [0.25, 0.3) is 33.2 Å². The summed E-state index contributed by atoms with van der Waals surface area (Å²) in [6.45, 7) is 3.00. The second-order valence-corrected chi connectivity index (χ2v) is 10.2. The van der Waals surface area contributed by atoms with E-state index in [4.69, 9.17) is 4.98 Å². The third-order valence-electron chi connectivity index (χ3n) is 7.67. The van der Waals surface area contributed by atoms with E-state index in [9.17, 15) is 4.79 Å². The molecule has 0 atom stereocenters. The second-order valence-electron chi connectivity index (χ2n) is 10.2. The highest BCUT2D eigenvalue weighted by Gasteiger charge is 2.22. The minimum absolute atomic E-state index is 0.0488. The van der Waals surface area contributed by atoms with Gasteiger partial charge in [-0.15, -0.1) is 5.10 Å². The minimum atomic E-state index is 0.0488. The molecular weight excluding hydrogens is 462 g/mol. The van der Waals surface area contributed by atoms with Crippen molar-refractivity contribution in [3.63, 3.8) is 0 Å². The zero-order valence-corrected chi connectivity index (χ0v) is 21.5. The van der Waals surface area contributed by atoms with Gasteiger partial charge in [0.2, 0.25) is 0 Å². The number of carbonyl (C=O) groups is 1. The van der Waals surface area contributed by atoms with Crippen LogP contribution in [0.3, 0.4) is 0 Å². The van der Waals surface area contributed by atoms with Crippen LogP contribution in [0.15, 0.2) is 60.8 Å². The lowest BCUT2D eigenvalue weighted by atomic mass is 9.89. The number of likely N-dealkylation sites (tertiary alicyclic amines) is 1. The van der Waals surface area contributed by atoms with Crippen LogP contribution in [-0.4, -0.2) is 67.9 Å². The van der Waals surface area contributed by atoms with Crippen molar-refractivity contribution in [3.05, 3.63) is 77.6 Å². The number of aromatic nitrogens is 5. The Labute approximate surface area is 215 Å². The first-order chi connectivity index (χ1) is 18.0. The van der Waals surface area contributed by atoms with Crippen molar-refractivity contribution in [1.82, 2.24) is 34.8 Å². The summed E-state index contributed by atoms with van der Waals surface area (Å²) < 4.78 is 2.22. The Morgan fingerprint density at radius 2 is 1.84 bits per heavy atom. The predicted molar refractivity (Wildman–Crippen MR) is 145 cm³/mol. The van der Waals surface area contributed by atoms with Crippen molar-refractivity contribution in [2.45, 2.75) is 25.3 Å². The van der Waals surface area contributed by atoms with Crippen LogP contribution in [-0.2, 0) is 13.6 Å². The fraction of sp³-hybridized carbons (Fsp3) is 0.310. The number of aromatic amines is 1. The largest absolute Gasteiger partial charge is 0.345 e. The lowest BCUT2D eigenvalue weighted by molar-refractivity contribution is 0.0827. The van der Waals surface area contributed by atoms with Gasteiger partial charge >= 0.3 is 0 Å². The highest BCUT2D eigenvalue weighted by Crippen LogP contribution is 2.33. The molecule has 0 saturated carbocycles. The van der Waals surface area contributed by atoms with Crippen molar-refractivity contribution in [1.29, 1.82) is 0 Å². The molecule has 2 aromatic carbocycles. The van der Waals surface area contributed by atoms with Crippen molar-refractivity contribution in [2.24, 2.45) is 7.05 Å². The van der Waals surface area contributed by atoms with E-state index < -0.39 is 0 Å². The number of aryl methyl sites for hydroxylation is 1. The van der Waals surface area contributed by atoms with Gasteiger partial charge in [0.15, 0.2) is 0 Å². The van der Waals surface area contributed by atoms with Crippen molar-refractivity contribution < 1.29 is 4.79 Å². The van der Waals surface area contributed by atoms with Gasteiger partial charge in [-0.25, -0.2) is 4.98 Å². The lowest BCUT2D eigenvalue weighted by Crippen LogP contribution is -2.33. The quantitative estimate of drug-likeness (QED) is 0.387. The zero-order valence-electron chi connectivity index (χ0n) is 21.5. The second kappa shape index (κ2) is 9.44. The van der Waals surface area contributed by atoms with Gasteiger partial charge in [0.25, 0.3) is 5.91 Å². The van der Waals surface area contributed by atoms with E-state index in [-0.39, 0.29) is 5.91 Å². The molecule has 1 N–H and O–H groups in total. The average Bonchev–Trinajstić information content (AvgIpc) is 3.52. The average molecular weight is 494 g/mol. The van der Waals surface area contributed by atoms with Crippen LogP contribution < -0.4 is 0 Å². The normalized spacial score (nSPS) is 15.0. The Morgan fingerprint density at radius 3 is 2.59 bits per heavy atom. The van der Waals surface area contributed by atoms with Crippen molar-refractivity contribution in [3.8, 4) is 11.1 Å². The molecule has 4 heterocycles. The fourth-order valence-corrected chi connectivity index (χ4v) is 5.49. The zero-order chi connectivity index (χ0) is 25.5. The van der Waals surface area contributed by atoms with Crippen LogP contribution in [0.1, 0.15) is 40.4 Å². The molecule has 0 aliphatic carbocycles. The molecule has 0 spiro atoms. The molecule has 8 heteroatoms. The molecule has 3 aromatic heterocycles. The number of hydrogen-bond acceptors (Lipinski definition) is 5. The summed E-state index contributed by atoms with van der Waals surface area (Å²) in [4.78, 5) is 21.0. The monoisotopic (exact) mass is 493 g/mol. The van der Waals surface area contributed by atoms with Crippen molar-refractivity contribution in [2.75, 3.05) is 27.2 Å². The molecule has 1 saturated heterocycles. The van der Waals surface area contributed by atoms with Gasteiger partial charge in [-0.3, -0.25) is 14.8 Å². The maximum atomic E-state index is 12.2. The number of benzene rings is 2. The molecule has 5 aromatic rings. The number of hydrogen-bond donors (Lipinski definition) is 1. The van der Waals surface area contributed by atoms with E-state index in [2.05, 4.69) is 68.3 Å². The molecule has 188 valence electrons. The standard InChI is InChI=1S/C29H31N7O/c1-34(2)29(37)21-6-4-19(5-7-21)20-11-14-36(15-12-20)18-23-17-25-24(10-13-30-28(25)35(23)3)22-8-9-26-27(16-22)32-33-31-26/h4-10,13,16-17,20H,11-12,14-15,18H2,1-3H3,(H,31,32,33). The SMILES string of the molecule is CN(C)C(=O)c1ccc(C2CCN(Cc3cc4c(-c5ccc6[nH]nnc6c5)ccnc4n3C)CC2)cc1. The third kappa shape index (κ3) is 4.38. The topological polar surface area (TPSA) is 82.9 Å². The maximum absolute atomic E-state index is 12.2. The maximum Gasteiger partial charge on any atom is 0.253 e. The van der Waals surface area contributed by atoms with E-state index in [0.29, 0.717) is 5.92 Å². The third-order valence-corrected chi connectivity index (χ3v) is 7.67.